The number of likely N-dealkylation sites (tertiary alicyclic amines) is 1. The van der Waals surface area contributed by atoms with Crippen molar-refractivity contribution in [2.75, 3.05) is 13.1 Å². The first-order chi connectivity index (χ1) is 8.09. The number of carbonyl (C=O) groups is 1. The van der Waals surface area contributed by atoms with Crippen molar-refractivity contribution < 1.29 is 9.90 Å². The first-order valence-electron chi connectivity index (χ1n) is 6.13. The second-order valence-electron chi connectivity index (χ2n) is 4.83. The van der Waals surface area contributed by atoms with Crippen molar-refractivity contribution in [2.45, 2.75) is 32.7 Å². The highest BCUT2D eigenvalue weighted by Gasteiger charge is 2.29. The van der Waals surface area contributed by atoms with E-state index in [1.807, 2.05) is 32.0 Å². The summed E-state index contributed by atoms with van der Waals surface area (Å²) in [4.78, 5) is 13.5. The zero-order valence-corrected chi connectivity index (χ0v) is 10.4. The van der Waals surface area contributed by atoms with E-state index in [0.717, 1.165) is 37.1 Å². The molecule has 17 heavy (non-hydrogen) atoms. The van der Waals surface area contributed by atoms with Crippen LogP contribution in [0.15, 0.2) is 18.2 Å². The van der Waals surface area contributed by atoms with Gasteiger partial charge in [0.2, 0.25) is 0 Å². The van der Waals surface area contributed by atoms with Gasteiger partial charge in [-0.15, -0.1) is 0 Å². The van der Waals surface area contributed by atoms with Gasteiger partial charge < -0.3 is 5.11 Å². The second kappa shape index (κ2) is 4.88. The van der Waals surface area contributed by atoms with Gasteiger partial charge in [0.1, 0.15) is 6.04 Å². The van der Waals surface area contributed by atoms with Crippen LogP contribution in [0, 0.1) is 13.8 Å². The molecule has 3 heteroatoms. The SMILES string of the molecule is Cc1ccc(C(C(=O)O)N2CCCC2)cc1C. The van der Waals surface area contributed by atoms with E-state index in [2.05, 4.69) is 4.90 Å². The van der Waals surface area contributed by atoms with Crippen molar-refractivity contribution >= 4 is 5.97 Å². The highest BCUT2D eigenvalue weighted by molar-refractivity contribution is 5.75. The number of carboxylic acids is 1. The van der Waals surface area contributed by atoms with E-state index >= 15 is 0 Å². The van der Waals surface area contributed by atoms with Crippen molar-refractivity contribution in [3.63, 3.8) is 0 Å². The quantitative estimate of drug-likeness (QED) is 0.872. The summed E-state index contributed by atoms with van der Waals surface area (Å²) >= 11 is 0. The first kappa shape index (κ1) is 12.1. The molecule has 1 saturated heterocycles. The molecule has 92 valence electrons. The van der Waals surface area contributed by atoms with Gasteiger partial charge in [-0.1, -0.05) is 18.2 Å². The van der Waals surface area contributed by atoms with Gasteiger partial charge in [-0.25, -0.2) is 0 Å². The molecule has 1 fully saturated rings. The van der Waals surface area contributed by atoms with Crippen molar-refractivity contribution in [3.05, 3.63) is 34.9 Å². The molecule has 1 aliphatic rings. The van der Waals surface area contributed by atoms with Crippen LogP contribution in [0.2, 0.25) is 0 Å². The molecule has 1 aromatic rings. The molecule has 0 amide bonds. The topological polar surface area (TPSA) is 40.5 Å². The van der Waals surface area contributed by atoms with Gasteiger partial charge in [0.15, 0.2) is 0 Å². The van der Waals surface area contributed by atoms with Gasteiger partial charge in [0.05, 0.1) is 0 Å². The van der Waals surface area contributed by atoms with Gasteiger partial charge >= 0.3 is 5.97 Å². The fraction of sp³-hybridized carbons (Fsp3) is 0.500. The Labute approximate surface area is 102 Å². The number of benzene rings is 1. The molecular weight excluding hydrogens is 214 g/mol. The standard InChI is InChI=1S/C14H19NO2/c1-10-5-6-12(9-11(10)2)13(14(16)17)15-7-3-4-8-15/h5-6,9,13H,3-4,7-8H2,1-2H3,(H,16,17). The van der Waals surface area contributed by atoms with E-state index in [0.29, 0.717) is 0 Å². The normalized spacial score (nSPS) is 18.2. The molecule has 0 aliphatic carbocycles. The van der Waals surface area contributed by atoms with Crippen LogP contribution in [0.25, 0.3) is 0 Å². The Bertz CT molecular complexity index is 422. The summed E-state index contributed by atoms with van der Waals surface area (Å²) in [6, 6.07) is 5.49. The lowest BCUT2D eigenvalue weighted by Crippen LogP contribution is -2.31. The summed E-state index contributed by atoms with van der Waals surface area (Å²) in [5.74, 6) is -0.741. The van der Waals surface area contributed by atoms with E-state index < -0.39 is 12.0 Å². The molecule has 2 rings (SSSR count). The molecule has 0 saturated carbocycles. The maximum Gasteiger partial charge on any atom is 0.325 e. The predicted molar refractivity (Wildman–Crippen MR) is 67.1 cm³/mol. The smallest absolute Gasteiger partial charge is 0.325 e. The number of carboxylic acid groups (broad SMARTS) is 1. The largest absolute Gasteiger partial charge is 0.480 e. The van der Waals surface area contributed by atoms with Crippen molar-refractivity contribution in [1.82, 2.24) is 4.90 Å². The third-order valence-electron chi connectivity index (χ3n) is 3.59. The van der Waals surface area contributed by atoms with Crippen LogP contribution in [0.5, 0.6) is 0 Å². The summed E-state index contributed by atoms with van der Waals surface area (Å²) < 4.78 is 0. The zero-order chi connectivity index (χ0) is 12.4. The molecule has 1 unspecified atom stereocenters. The summed E-state index contributed by atoms with van der Waals surface area (Å²) in [5.41, 5.74) is 3.27. The van der Waals surface area contributed by atoms with E-state index in [1.54, 1.807) is 0 Å². The van der Waals surface area contributed by atoms with Crippen LogP contribution in [-0.2, 0) is 4.79 Å². The van der Waals surface area contributed by atoms with Crippen molar-refractivity contribution in [3.8, 4) is 0 Å². The van der Waals surface area contributed by atoms with Crippen LogP contribution in [0.3, 0.4) is 0 Å². The molecule has 3 nitrogen and oxygen atoms in total. The fourth-order valence-electron chi connectivity index (χ4n) is 2.44. The third-order valence-corrected chi connectivity index (χ3v) is 3.59. The molecule has 1 N–H and O–H groups in total. The molecule has 0 spiro atoms. The summed E-state index contributed by atoms with van der Waals surface area (Å²) in [5, 5.41) is 9.41. The number of rotatable bonds is 3. The van der Waals surface area contributed by atoms with Crippen LogP contribution in [0.4, 0.5) is 0 Å². The Morgan fingerprint density at radius 2 is 1.88 bits per heavy atom. The number of hydrogen-bond donors (Lipinski definition) is 1. The Hall–Kier alpha value is -1.35. The van der Waals surface area contributed by atoms with Crippen molar-refractivity contribution in [1.29, 1.82) is 0 Å². The van der Waals surface area contributed by atoms with Gasteiger partial charge in [-0.05, 0) is 56.5 Å². The molecule has 0 aromatic heterocycles. The second-order valence-corrected chi connectivity index (χ2v) is 4.83. The minimum Gasteiger partial charge on any atom is -0.480 e. The summed E-state index contributed by atoms with van der Waals surface area (Å²) in [7, 11) is 0. The molecule has 1 aromatic carbocycles. The summed E-state index contributed by atoms with van der Waals surface area (Å²) in [6.45, 7) is 5.86. The molecular formula is C14H19NO2. The average Bonchev–Trinajstić information content (AvgIpc) is 2.76. The monoisotopic (exact) mass is 233 g/mol. The van der Waals surface area contributed by atoms with Gasteiger partial charge in [-0.2, -0.15) is 0 Å². The van der Waals surface area contributed by atoms with Crippen LogP contribution in [-0.4, -0.2) is 29.1 Å². The molecule has 0 bridgehead atoms. The Kier molecular flexibility index (Phi) is 3.48. The summed E-state index contributed by atoms with van der Waals surface area (Å²) in [6.07, 6.45) is 2.21. The Morgan fingerprint density at radius 1 is 1.24 bits per heavy atom. The Morgan fingerprint density at radius 3 is 2.41 bits per heavy atom. The highest BCUT2D eigenvalue weighted by Crippen LogP contribution is 2.26. The predicted octanol–water partition coefficient (Wildman–Crippen LogP) is 2.52. The maximum absolute atomic E-state index is 11.4. The average molecular weight is 233 g/mol. The number of nitrogens with zero attached hydrogens (tertiary/aromatic N) is 1. The number of hydrogen-bond acceptors (Lipinski definition) is 2. The lowest BCUT2D eigenvalue weighted by Gasteiger charge is -2.24. The lowest BCUT2D eigenvalue weighted by atomic mass is 10.0. The molecule has 1 heterocycles. The lowest BCUT2D eigenvalue weighted by molar-refractivity contribution is -0.143. The van der Waals surface area contributed by atoms with Gasteiger partial charge in [-0.3, -0.25) is 9.69 Å². The van der Waals surface area contributed by atoms with E-state index in [9.17, 15) is 9.90 Å². The molecule has 0 radical (unpaired) electrons. The highest BCUT2D eigenvalue weighted by atomic mass is 16.4. The number of aryl methyl sites for hydroxylation is 2. The van der Waals surface area contributed by atoms with Gasteiger partial charge in [0, 0.05) is 0 Å². The van der Waals surface area contributed by atoms with E-state index in [4.69, 9.17) is 0 Å². The molecule has 1 aliphatic heterocycles. The van der Waals surface area contributed by atoms with Crippen molar-refractivity contribution in [2.24, 2.45) is 0 Å². The minimum atomic E-state index is -0.741. The van der Waals surface area contributed by atoms with Crippen LogP contribution >= 0.6 is 0 Å². The molecule has 1 atom stereocenters. The first-order valence-corrected chi connectivity index (χ1v) is 6.13. The Balaban J connectivity index is 2.31. The van der Waals surface area contributed by atoms with Gasteiger partial charge in [0.25, 0.3) is 0 Å². The van der Waals surface area contributed by atoms with Crippen LogP contribution in [0.1, 0.15) is 35.6 Å². The van der Waals surface area contributed by atoms with E-state index in [-0.39, 0.29) is 0 Å². The third kappa shape index (κ3) is 2.50. The van der Waals surface area contributed by atoms with E-state index in [1.165, 1.54) is 5.56 Å². The minimum absolute atomic E-state index is 0.475. The number of aliphatic carboxylic acids is 1. The fourth-order valence-corrected chi connectivity index (χ4v) is 2.44. The zero-order valence-electron chi connectivity index (χ0n) is 10.4. The van der Waals surface area contributed by atoms with Crippen LogP contribution < -0.4 is 0 Å². The maximum atomic E-state index is 11.4.